The van der Waals surface area contributed by atoms with E-state index in [2.05, 4.69) is 0 Å². The van der Waals surface area contributed by atoms with E-state index in [1.165, 1.54) is 0 Å². The quantitative estimate of drug-likeness (QED) is 0.887. The van der Waals surface area contributed by atoms with Gasteiger partial charge in [-0.1, -0.05) is 0 Å². The third-order valence-corrected chi connectivity index (χ3v) is 3.11. The zero-order valence-electron chi connectivity index (χ0n) is 7.52. The minimum atomic E-state index is -5.14. The van der Waals surface area contributed by atoms with Gasteiger partial charge in [0.2, 0.25) is 9.84 Å². The molecule has 0 aromatic heterocycles. The maximum atomic E-state index is 13.0. The molecule has 1 aromatic rings. The van der Waals surface area contributed by atoms with Crippen molar-refractivity contribution in [1.82, 2.24) is 0 Å². The van der Waals surface area contributed by atoms with Gasteiger partial charge >= 0.3 is 11.7 Å². The fraction of sp³-hybridized carbons (Fsp3) is 0.125. The summed E-state index contributed by atoms with van der Waals surface area (Å²) >= 11 is 0. The summed E-state index contributed by atoms with van der Waals surface area (Å²) in [5, 5.41) is 8.50. The van der Waals surface area contributed by atoms with E-state index in [-0.39, 0.29) is 0 Å². The standard InChI is InChI=1S/C8H5F3O4S/c9-5-2-1-4(7(12)13)3-6(5)16(14,15)8(10)11/h1-3,8H,(H,12,13). The monoisotopic (exact) mass is 254 g/mol. The fourth-order valence-electron chi connectivity index (χ4n) is 0.950. The lowest BCUT2D eigenvalue weighted by molar-refractivity contribution is 0.0696. The van der Waals surface area contributed by atoms with Crippen LogP contribution in [0.5, 0.6) is 0 Å². The maximum Gasteiger partial charge on any atom is 0.341 e. The molecule has 8 heteroatoms. The smallest absolute Gasteiger partial charge is 0.341 e. The van der Waals surface area contributed by atoms with E-state index < -0.39 is 37.8 Å². The summed E-state index contributed by atoms with van der Waals surface area (Å²) in [4.78, 5) is 9.14. The number of carboxylic acid groups (broad SMARTS) is 1. The summed E-state index contributed by atoms with van der Waals surface area (Å²) in [7, 11) is -5.14. The summed E-state index contributed by atoms with van der Waals surface area (Å²) in [6.07, 6.45) is 0. The highest BCUT2D eigenvalue weighted by Crippen LogP contribution is 2.22. The lowest BCUT2D eigenvalue weighted by Crippen LogP contribution is -2.14. The van der Waals surface area contributed by atoms with Crippen molar-refractivity contribution in [2.24, 2.45) is 0 Å². The molecule has 0 amide bonds. The number of alkyl halides is 2. The molecule has 0 radical (unpaired) electrons. The number of rotatable bonds is 3. The average molecular weight is 254 g/mol. The average Bonchev–Trinajstić information content (AvgIpc) is 2.17. The number of carboxylic acids is 1. The summed E-state index contributed by atoms with van der Waals surface area (Å²) in [5.74, 6) is -6.75. The summed E-state index contributed by atoms with van der Waals surface area (Å²) in [6.45, 7) is 0. The lowest BCUT2D eigenvalue weighted by atomic mass is 10.2. The molecule has 1 N–H and O–H groups in total. The largest absolute Gasteiger partial charge is 0.478 e. The van der Waals surface area contributed by atoms with Crippen LogP contribution in [-0.2, 0) is 9.84 Å². The van der Waals surface area contributed by atoms with Crippen LogP contribution in [0.1, 0.15) is 10.4 Å². The van der Waals surface area contributed by atoms with E-state index in [0.29, 0.717) is 12.1 Å². The van der Waals surface area contributed by atoms with E-state index in [9.17, 15) is 26.4 Å². The van der Waals surface area contributed by atoms with Crippen LogP contribution >= 0.6 is 0 Å². The number of hydrogen-bond donors (Lipinski definition) is 1. The number of hydrogen-bond acceptors (Lipinski definition) is 3. The summed E-state index contributed by atoms with van der Waals surface area (Å²) < 4.78 is 59.1. The highest BCUT2D eigenvalue weighted by atomic mass is 32.2. The van der Waals surface area contributed by atoms with Crippen LogP contribution in [0.3, 0.4) is 0 Å². The van der Waals surface area contributed by atoms with Crippen molar-refractivity contribution in [2.45, 2.75) is 10.7 Å². The molecular weight excluding hydrogens is 249 g/mol. The van der Waals surface area contributed by atoms with E-state index >= 15 is 0 Å². The topological polar surface area (TPSA) is 71.4 Å². The number of sulfone groups is 1. The zero-order valence-corrected chi connectivity index (χ0v) is 8.34. The Labute approximate surface area is 88.2 Å². The first-order valence-corrected chi connectivity index (χ1v) is 5.36. The molecule has 0 aliphatic carbocycles. The van der Waals surface area contributed by atoms with Gasteiger partial charge in [-0.25, -0.2) is 17.6 Å². The maximum absolute atomic E-state index is 13.0. The van der Waals surface area contributed by atoms with Crippen molar-refractivity contribution in [3.63, 3.8) is 0 Å². The molecular formula is C8H5F3O4S. The van der Waals surface area contributed by atoms with Crippen molar-refractivity contribution in [1.29, 1.82) is 0 Å². The summed E-state index contributed by atoms with van der Waals surface area (Å²) in [5.41, 5.74) is -0.583. The van der Waals surface area contributed by atoms with Crippen molar-refractivity contribution in [3.8, 4) is 0 Å². The molecule has 0 fully saturated rings. The Morgan fingerprint density at radius 1 is 1.31 bits per heavy atom. The molecule has 1 aromatic carbocycles. The van der Waals surface area contributed by atoms with Gasteiger partial charge in [-0.05, 0) is 18.2 Å². The molecule has 0 aliphatic rings. The van der Waals surface area contributed by atoms with Crippen molar-refractivity contribution < 1.29 is 31.5 Å². The van der Waals surface area contributed by atoms with Crippen LogP contribution in [-0.4, -0.2) is 25.3 Å². The van der Waals surface area contributed by atoms with Gasteiger partial charge in [-0.3, -0.25) is 0 Å². The first-order chi connectivity index (χ1) is 7.26. The molecule has 4 nitrogen and oxygen atoms in total. The second-order valence-corrected chi connectivity index (χ2v) is 4.64. The molecule has 0 atom stereocenters. The number of benzene rings is 1. The lowest BCUT2D eigenvalue weighted by Gasteiger charge is -2.05. The predicted octanol–water partition coefficient (Wildman–Crippen LogP) is 1.52. The van der Waals surface area contributed by atoms with E-state index in [1.54, 1.807) is 0 Å². The Kier molecular flexibility index (Phi) is 3.22. The Morgan fingerprint density at radius 3 is 2.31 bits per heavy atom. The van der Waals surface area contributed by atoms with Crippen LogP contribution in [0.25, 0.3) is 0 Å². The van der Waals surface area contributed by atoms with Crippen molar-refractivity contribution >= 4 is 15.8 Å². The molecule has 0 heterocycles. The van der Waals surface area contributed by atoms with Gasteiger partial charge in [-0.2, -0.15) is 8.78 Å². The van der Waals surface area contributed by atoms with Crippen molar-refractivity contribution in [3.05, 3.63) is 29.6 Å². The van der Waals surface area contributed by atoms with Crippen LogP contribution < -0.4 is 0 Å². The van der Waals surface area contributed by atoms with E-state index in [4.69, 9.17) is 5.11 Å². The molecule has 0 aliphatic heterocycles. The molecule has 1 rings (SSSR count). The van der Waals surface area contributed by atoms with Gasteiger partial charge in [-0.15, -0.1) is 0 Å². The Hall–Kier alpha value is -1.57. The van der Waals surface area contributed by atoms with Gasteiger partial charge in [0.15, 0.2) is 0 Å². The SMILES string of the molecule is O=C(O)c1ccc(F)c(S(=O)(=O)C(F)F)c1. The minimum Gasteiger partial charge on any atom is -0.478 e. The molecule has 0 saturated carbocycles. The second kappa shape index (κ2) is 4.12. The molecule has 16 heavy (non-hydrogen) atoms. The predicted molar refractivity (Wildman–Crippen MR) is 46.5 cm³/mol. The van der Waals surface area contributed by atoms with Gasteiger partial charge < -0.3 is 5.11 Å². The van der Waals surface area contributed by atoms with Crippen LogP contribution in [0.2, 0.25) is 0 Å². The Morgan fingerprint density at radius 2 is 1.88 bits per heavy atom. The first-order valence-electron chi connectivity index (χ1n) is 3.81. The zero-order chi connectivity index (χ0) is 12.5. The highest BCUT2D eigenvalue weighted by Gasteiger charge is 2.30. The molecule has 88 valence electrons. The number of aromatic carboxylic acids is 1. The van der Waals surface area contributed by atoms with Gasteiger partial charge in [0, 0.05) is 0 Å². The third kappa shape index (κ3) is 2.16. The van der Waals surface area contributed by atoms with E-state index in [1.807, 2.05) is 0 Å². The Bertz CT molecular complexity index is 524. The Balaban J connectivity index is 3.45. The first kappa shape index (κ1) is 12.5. The second-order valence-electron chi connectivity index (χ2n) is 2.76. The van der Waals surface area contributed by atoms with Crippen LogP contribution in [0.4, 0.5) is 13.2 Å². The summed E-state index contributed by atoms with van der Waals surface area (Å²) in [6, 6.07) is 1.65. The number of halogens is 3. The van der Waals surface area contributed by atoms with Gasteiger partial charge in [0.1, 0.15) is 10.7 Å². The van der Waals surface area contributed by atoms with Gasteiger partial charge in [0.05, 0.1) is 5.56 Å². The van der Waals surface area contributed by atoms with Gasteiger partial charge in [0.25, 0.3) is 0 Å². The molecule has 0 saturated heterocycles. The molecule has 0 unspecified atom stereocenters. The van der Waals surface area contributed by atoms with Crippen LogP contribution in [0.15, 0.2) is 23.1 Å². The number of carbonyl (C=O) groups is 1. The molecule has 0 spiro atoms. The van der Waals surface area contributed by atoms with Crippen molar-refractivity contribution in [2.75, 3.05) is 0 Å². The van der Waals surface area contributed by atoms with Crippen LogP contribution in [0, 0.1) is 5.82 Å². The molecule has 0 bridgehead atoms. The highest BCUT2D eigenvalue weighted by molar-refractivity contribution is 7.91. The van der Waals surface area contributed by atoms with E-state index in [0.717, 1.165) is 6.07 Å². The minimum absolute atomic E-state index is 0.360. The third-order valence-electron chi connectivity index (χ3n) is 1.72. The fourth-order valence-corrected chi connectivity index (χ4v) is 1.77. The normalized spacial score (nSPS) is 11.8.